The van der Waals surface area contributed by atoms with Crippen LogP contribution in [0.25, 0.3) is 0 Å². The van der Waals surface area contributed by atoms with Crippen molar-refractivity contribution in [3.8, 4) is 0 Å². The molecule has 0 spiro atoms. The van der Waals surface area contributed by atoms with Crippen LogP contribution in [0.2, 0.25) is 0 Å². The summed E-state index contributed by atoms with van der Waals surface area (Å²) in [4.78, 5) is 11.7. The van der Waals surface area contributed by atoms with Crippen LogP contribution >= 0.6 is 0 Å². The highest BCUT2D eigenvalue weighted by Crippen LogP contribution is 2.31. The Morgan fingerprint density at radius 2 is 1.64 bits per heavy atom. The summed E-state index contributed by atoms with van der Waals surface area (Å²) in [6, 6.07) is 10.5. The molecule has 2 rings (SSSR count). The number of aromatic nitrogens is 2. The summed E-state index contributed by atoms with van der Waals surface area (Å²) in [6.07, 6.45) is 2.18. The van der Waals surface area contributed by atoms with Crippen LogP contribution in [0.5, 0.6) is 0 Å². The molecule has 0 atom stereocenters. The van der Waals surface area contributed by atoms with Crippen molar-refractivity contribution in [2.24, 2.45) is 0 Å². The highest BCUT2D eigenvalue weighted by Gasteiger charge is 2.18. The van der Waals surface area contributed by atoms with Crippen molar-refractivity contribution in [1.29, 1.82) is 0 Å². The number of hydrogen-bond donors (Lipinski definition) is 1. The fourth-order valence-corrected chi connectivity index (χ4v) is 2.99. The molecule has 1 aromatic heterocycles. The fourth-order valence-electron chi connectivity index (χ4n) is 2.99. The molecular formula is C21H32N4. The Morgan fingerprint density at radius 1 is 1.00 bits per heavy atom. The predicted octanol–water partition coefficient (Wildman–Crippen LogP) is 5.45. The predicted molar refractivity (Wildman–Crippen MR) is 108 cm³/mol. The second kappa shape index (κ2) is 8.32. The van der Waals surface area contributed by atoms with Gasteiger partial charge in [0.15, 0.2) is 0 Å². The molecule has 1 aromatic carbocycles. The minimum Gasteiger partial charge on any atom is -0.341 e. The first-order chi connectivity index (χ1) is 11.8. The number of anilines is 3. The average molecular weight is 341 g/mol. The maximum absolute atomic E-state index is 4.79. The number of para-hydroxylation sites is 1. The van der Waals surface area contributed by atoms with Crippen molar-refractivity contribution in [2.45, 2.75) is 59.8 Å². The molecule has 0 aliphatic rings. The van der Waals surface area contributed by atoms with Gasteiger partial charge in [0.05, 0.1) is 0 Å². The summed E-state index contributed by atoms with van der Waals surface area (Å²) in [5.41, 5.74) is 3.45. The van der Waals surface area contributed by atoms with Crippen LogP contribution in [0.4, 0.5) is 17.5 Å². The van der Waals surface area contributed by atoms with Gasteiger partial charge in [0.2, 0.25) is 5.95 Å². The molecule has 4 heteroatoms. The Morgan fingerprint density at radius 3 is 2.24 bits per heavy atom. The van der Waals surface area contributed by atoms with Crippen molar-refractivity contribution in [3.63, 3.8) is 0 Å². The molecule has 1 N–H and O–H groups in total. The maximum Gasteiger partial charge on any atom is 0.227 e. The second-order valence-corrected chi connectivity index (χ2v) is 7.60. The molecule has 0 fully saturated rings. The van der Waals surface area contributed by atoms with Crippen LogP contribution in [0, 0.1) is 6.92 Å². The largest absolute Gasteiger partial charge is 0.341 e. The molecule has 0 bridgehead atoms. The molecule has 0 saturated heterocycles. The van der Waals surface area contributed by atoms with Crippen molar-refractivity contribution in [1.82, 2.24) is 9.97 Å². The van der Waals surface area contributed by atoms with Crippen molar-refractivity contribution in [3.05, 3.63) is 41.6 Å². The maximum atomic E-state index is 4.79. The zero-order chi connectivity index (χ0) is 18.4. The van der Waals surface area contributed by atoms with E-state index in [0.29, 0.717) is 0 Å². The van der Waals surface area contributed by atoms with E-state index in [-0.39, 0.29) is 5.41 Å². The van der Waals surface area contributed by atoms with Gasteiger partial charge >= 0.3 is 0 Å². The Hall–Kier alpha value is -2.10. The molecular weight excluding hydrogens is 308 g/mol. The van der Waals surface area contributed by atoms with Crippen LogP contribution in [0.1, 0.15) is 58.7 Å². The zero-order valence-corrected chi connectivity index (χ0v) is 16.6. The molecule has 0 aliphatic heterocycles. The highest BCUT2D eigenvalue weighted by atomic mass is 15.3. The van der Waals surface area contributed by atoms with Gasteiger partial charge in [0.25, 0.3) is 0 Å². The molecule has 0 aliphatic carbocycles. The zero-order valence-electron chi connectivity index (χ0n) is 16.6. The van der Waals surface area contributed by atoms with E-state index in [2.05, 4.69) is 74.1 Å². The third kappa shape index (κ3) is 5.18. The van der Waals surface area contributed by atoms with E-state index in [4.69, 9.17) is 4.98 Å². The van der Waals surface area contributed by atoms with Crippen molar-refractivity contribution in [2.75, 3.05) is 23.3 Å². The normalized spacial score (nSPS) is 11.4. The van der Waals surface area contributed by atoms with E-state index < -0.39 is 0 Å². The summed E-state index contributed by atoms with van der Waals surface area (Å²) < 4.78 is 0. The third-order valence-electron chi connectivity index (χ3n) is 4.11. The van der Waals surface area contributed by atoms with E-state index >= 15 is 0 Å². The molecule has 25 heavy (non-hydrogen) atoms. The lowest BCUT2D eigenvalue weighted by Crippen LogP contribution is -2.27. The Bertz CT molecular complexity index is 683. The van der Waals surface area contributed by atoms with Crippen LogP contribution in [0.3, 0.4) is 0 Å². The summed E-state index contributed by atoms with van der Waals surface area (Å²) in [5.74, 6) is 1.68. The molecule has 1 heterocycles. The van der Waals surface area contributed by atoms with E-state index in [1.165, 1.54) is 5.56 Å². The first-order valence-corrected chi connectivity index (χ1v) is 9.32. The van der Waals surface area contributed by atoms with Gasteiger partial charge in [0.1, 0.15) is 5.82 Å². The van der Waals surface area contributed by atoms with Crippen LogP contribution < -0.4 is 10.2 Å². The topological polar surface area (TPSA) is 41.1 Å². The van der Waals surface area contributed by atoms with Gasteiger partial charge in [-0.25, -0.2) is 4.98 Å². The molecule has 0 unspecified atom stereocenters. The first-order valence-electron chi connectivity index (χ1n) is 9.32. The highest BCUT2D eigenvalue weighted by molar-refractivity contribution is 5.63. The number of aryl methyl sites for hydroxylation is 1. The van der Waals surface area contributed by atoms with Crippen LogP contribution in [-0.2, 0) is 5.41 Å². The van der Waals surface area contributed by atoms with Gasteiger partial charge in [-0.05, 0) is 36.8 Å². The lowest BCUT2D eigenvalue weighted by molar-refractivity contribution is 0.592. The quantitative estimate of drug-likeness (QED) is 0.727. The molecule has 0 saturated carbocycles. The lowest BCUT2D eigenvalue weighted by Gasteiger charge is -2.24. The number of hydrogen-bond acceptors (Lipinski definition) is 4. The minimum absolute atomic E-state index is 0.0744. The molecule has 0 radical (unpaired) electrons. The molecule has 136 valence electrons. The number of benzene rings is 1. The third-order valence-corrected chi connectivity index (χ3v) is 4.11. The first kappa shape index (κ1) is 19.2. The number of nitrogens with one attached hydrogen (secondary N) is 1. The Balaban J connectivity index is 2.35. The van der Waals surface area contributed by atoms with Gasteiger partial charge in [-0.1, -0.05) is 52.8 Å². The van der Waals surface area contributed by atoms with Gasteiger partial charge in [-0.15, -0.1) is 0 Å². The molecule has 0 amide bonds. The van der Waals surface area contributed by atoms with E-state index in [1.807, 2.05) is 13.0 Å². The monoisotopic (exact) mass is 340 g/mol. The molecule has 2 aromatic rings. The van der Waals surface area contributed by atoms with Gasteiger partial charge < -0.3 is 10.2 Å². The smallest absolute Gasteiger partial charge is 0.227 e. The minimum atomic E-state index is 0.0744. The standard InChI is InChI=1S/C21H32N4/c1-7-13-25(14-8-2)20-22-16(3)15-19(24-20)23-18-12-10-9-11-17(18)21(4,5)6/h9-12,15H,7-8,13-14H2,1-6H3,(H,22,23,24). The summed E-state index contributed by atoms with van der Waals surface area (Å²) >= 11 is 0. The van der Waals surface area contributed by atoms with Gasteiger partial charge in [-0.3, -0.25) is 0 Å². The lowest BCUT2D eigenvalue weighted by atomic mass is 9.86. The van der Waals surface area contributed by atoms with Gasteiger partial charge in [0, 0.05) is 30.5 Å². The average Bonchev–Trinajstić information content (AvgIpc) is 2.53. The summed E-state index contributed by atoms with van der Waals surface area (Å²) in [7, 11) is 0. The van der Waals surface area contributed by atoms with E-state index in [0.717, 1.165) is 49.1 Å². The van der Waals surface area contributed by atoms with Crippen molar-refractivity contribution >= 4 is 17.5 Å². The van der Waals surface area contributed by atoms with Crippen LogP contribution in [0.15, 0.2) is 30.3 Å². The number of nitrogens with zero attached hydrogens (tertiary/aromatic N) is 3. The Kier molecular flexibility index (Phi) is 6.40. The molecule has 4 nitrogen and oxygen atoms in total. The van der Waals surface area contributed by atoms with Crippen LogP contribution in [-0.4, -0.2) is 23.1 Å². The Labute approximate surface area is 152 Å². The second-order valence-electron chi connectivity index (χ2n) is 7.60. The van der Waals surface area contributed by atoms with Gasteiger partial charge in [-0.2, -0.15) is 4.98 Å². The summed E-state index contributed by atoms with van der Waals surface area (Å²) in [6.45, 7) is 15.1. The summed E-state index contributed by atoms with van der Waals surface area (Å²) in [5, 5.41) is 3.52. The van der Waals surface area contributed by atoms with Crippen molar-refractivity contribution < 1.29 is 0 Å². The van der Waals surface area contributed by atoms with E-state index in [9.17, 15) is 0 Å². The number of rotatable bonds is 7. The van der Waals surface area contributed by atoms with E-state index in [1.54, 1.807) is 0 Å². The fraction of sp³-hybridized carbons (Fsp3) is 0.524. The SMILES string of the molecule is CCCN(CCC)c1nc(C)cc(Nc2ccccc2C(C)(C)C)n1.